The van der Waals surface area contributed by atoms with E-state index in [0.717, 1.165) is 37.4 Å². The van der Waals surface area contributed by atoms with Crippen LogP contribution in [0.1, 0.15) is 48.7 Å². The van der Waals surface area contributed by atoms with Gasteiger partial charge in [-0.2, -0.15) is 0 Å². The molecule has 2 aliphatic carbocycles. The Morgan fingerprint density at radius 3 is 2.70 bits per heavy atom. The van der Waals surface area contributed by atoms with Crippen molar-refractivity contribution in [2.24, 2.45) is 11.8 Å². The van der Waals surface area contributed by atoms with Crippen LogP contribution in [-0.4, -0.2) is 28.4 Å². The second kappa shape index (κ2) is 5.40. The number of hydrogen-bond acceptors (Lipinski definition) is 4. The summed E-state index contributed by atoms with van der Waals surface area (Å²) in [5, 5.41) is 0. The molecular formula is C15H22N4O. The summed E-state index contributed by atoms with van der Waals surface area (Å²) in [4.78, 5) is 19.2. The lowest BCUT2D eigenvalue weighted by atomic mass is 10.1. The Labute approximate surface area is 119 Å². The lowest BCUT2D eigenvalue weighted by Crippen LogP contribution is -2.35. The average molecular weight is 274 g/mol. The topological polar surface area (TPSA) is 71.2 Å². The van der Waals surface area contributed by atoms with Crippen molar-refractivity contribution in [3.8, 4) is 0 Å². The maximum absolute atomic E-state index is 12.8. The number of nitrogens with two attached hydrogens (primary N) is 1. The molecular weight excluding hydrogens is 252 g/mol. The molecule has 2 fully saturated rings. The number of rotatable bonds is 6. The summed E-state index contributed by atoms with van der Waals surface area (Å²) in [5.41, 5.74) is 4.15. The molecule has 20 heavy (non-hydrogen) atoms. The Morgan fingerprint density at radius 2 is 2.15 bits per heavy atom. The van der Waals surface area contributed by atoms with E-state index in [0.29, 0.717) is 17.4 Å². The minimum absolute atomic E-state index is 0.132. The van der Waals surface area contributed by atoms with Gasteiger partial charge in [-0.15, -0.1) is 0 Å². The lowest BCUT2D eigenvalue weighted by molar-refractivity contribution is 0.0734. The minimum Gasteiger partial charge on any atom is -0.335 e. The highest BCUT2D eigenvalue weighted by atomic mass is 16.2. The van der Waals surface area contributed by atoms with Crippen molar-refractivity contribution in [1.82, 2.24) is 9.88 Å². The summed E-state index contributed by atoms with van der Waals surface area (Å²) < 4.78 is 0. The molecule has 3 rings (SSSR count). The molecule has 1 amide bonds. The Hall–Kier alpha value is -1.62. The molecule has 0 unspecified atom stereocenters. The van der Waals surface area contributed by atoms with E-state index >= 15 is 0 Å². The smallest absolute Gasteiger partial charge is 0.254 e. The number of nitrogens with zero attached hydrogens (tertiary/aromatic N) is 2. The fourth-order valence-corrected chi connectivity index (χ4v) is 2.49. The summed E-state index contributed by atoms with van der Waals surface area (Å²) in [6.45, 7) is 2.94. The van der Waals surface area contributed by atoms with Gasteiger partial charge in [-0.05, 0) is 50.2 Å². The molecule has 108 valence electrons. The maximum atomic E-state index is 12.8. The number of hydrazine groups is 1. The van der Waals surface area contributed by atoms with Gasteiger partial charge in [-0.1, -0.05) is 6.92 Å². The molecule has 0 aliphatic heterocycles. The first kappa shape index (κ1) is 13.4. The zero-order chi connectivity index (χ0) is 14.1. The van der Waals surface area contributed by atoms with Crippen LogP contribution >= 0.6 is 0 Å². The molecule has 1 aromatic rings. The first-order valence-corrected chi connectivity index (χ1v) is 7.49. The van der Waals surface area contributed by atoms with Crippen LogP contribution in [0.4, 0.5) is 5.82 Å². The minimum atomic E-state index is 0.132. The van der Waals surface area contributed by atoms with Crippen LogP contribution in [0, 0.1) is 5.92 Å². The highest BCUT2D eigenvalue weighted by Gasteiger charge is 2.37. The highest BCUT2D eigenvalue weighted by molar-refractivity contribution is 5.95. The SMILES string of the molecule is CCc1cc(C(=O)N(CC2CC2)C2CC2)cc(NN)n1. The van der Waals surface area contributed by atoms with E-state index in [9.17, 15) is 4.79 Å². The van der Waals surface area contributed by atoms with Crippen molar-refractivity contribution in [1.29, 1.82) is 0 Å². The number of hydrogen-bond donors (Lipinski definition) is 2. The first-order chi connectivity index (χ1) is 9.71. The number of carbonyl (C=O) groups is 1. The molecule has 0 bridgehead atoms. The van der Waals surface area contributed by atoms with Gasteiger partial charge in [0.1, 0.15) is 5.82 Å². The van der Waals surface area contributed by atoms with E-state index in [1.54, 1.807) is 6.07 Å². The van der Waals surface area contributed by atoms with Crippen molar-refractivity contribution < 1.29 is 4.79 Å². The van der Waals surface area contributed by atoms with Crippen LogP contribution in [0.25, 0.3) is 0 Å². The van der Waals surface area contributed by atoms with Crippen LogP contribution in [-0.2, 0) is 6.42 Å². The van der Waals surface area contributed by atoms with Crippen LogP contribution in [0.15, 0.2) is 12.1 Å². The predicted octanol–water partition coefficient (Wildman–Crippen LogP) is 1.94. The van der Waals surface area contributed by atoms with E-state index in [4.69, 9.17) is 5.84 Å². The van der Waals surface area contributed by atoms with Gasteiger partial charge in [0.15, 0.2) is 0 Å². The molecule has 0 atom stereocenters. The third kappa shape index (κ3) is 2.93. The zero-order valence-corrected chi connectivity index (χ0v) is 11.9. The van der Waals surface area contributed by atoms with E-state index in [2.05, 4.69) is 15.3 Å². The molecule has 5 nitrogen and oxygen atoms in total. The summed E-state index contributed by atoms with van der Waals surface area (Å²) in [7, 11) is 0. The number of aromatic nitrogens is 1. The largest absolute Gasteiger partial charge is 0.335 e. The Bertz CT molecular complexity index is 486. The van der Waals surface area contributed by atoms with E-state index in [1.807, 2.05) is 13.0 Å². The second-order valence-electron chi connectivity index (χ2n) is 5.86. The molecule has 0 radical (unpaired) electrons. The number of nitrogens with one attached hydrogen (secondary N) is 1. The fourth-order valence-electron chi connectivity index (χ4n) is 2.49. The molecule has 1 aromatic heterocycles. The number of aryl methyl sites for hydroxylation is 1. The lowest BCUT2D eigenvalue weighted by Gasteiger charge is -2.23. The third-order valence-electron chi connectivity index (χ3n) is 4.04. The molecule has 3 N–H and O–H groups in total. The van der Waals surface area contributed by atoms with Gasteiger partial charge in [0, 0.05) is 23.8 Å². The monoisotopic (exact) mass is 274 g/mol. The Balaban J connectivity index is 1.83. The van der Waals surface area contributed by atoms with E-state index in [1.165, 1.54) is 12.8 Å². The molecule has 2 aliphatic rings. The van der Waals surface area contributed by atoms with Gasteiger partial charge in [0.2, 0.25) is 0 Å². The average Bonchev–Trinajstić information content (AvgIpc) is 3.36. The maximum Gasteiger partial charge on any atom is 0.254 e. The Kier molecular flexibility index (Phi) is 3.61. The summed E-state index contributed by atoms with van der Waals surface area (Å²) >= 11 is 0. The van der Waals surface area contributed by atoms with E-state index in [-0.39, 0.29) is 5.91 Å². The molecule has 0 aromatic carbocycles. The predicted molar refractivity (Wildman–Crippen MR) is 78.2 cm³/mol. The number of pyridine rings is 1. The fraction of sp³-hybridized carbons (Fsp3) is 0.600. The van der Waals surface area contributed by atoms with Gasteiger partial charge in [-0.25, -0.2) is 10.8 Å². The van der Waals surface area contributed by atoms with Crippen LogP contribution in [0.5, 0.6) is 0 Å². The number of anilines is 1. The third-order valence-corrected chi connectivity index (χ3v) is 4.04. The summed E-state index contributed by atoms with van der Waals surface area (Å²) in [6, 6.07) is 4.10. The molecule has 0 spiro atoms. The van der Waals surface area contributed by atoms with Gasteiger partial charge >= 0.3 is 0 Å². The Morgan fingerprint density at radius 1 is 1.40 bits per heavy atom. The normalized spacial score (nSPS) is 17.9. The van der Waals surface area contributed by atoms with Gasteiger partial charge in [0.05, 0.1) is 0 Å². The van der Waals surface area contributed by atoms with Gasteiger partial charge in [0.25, 0.3) is 5.91 Å². The highest BCUT2D eigenvalue weighted by Crippen LogP contribution is 2.35. The van der Waals surface area contributed by atoms with Crippen molar-refractivity contribution >= 4 is 11.7 Å². The van der Waals surface area contributed by atoms with Gasteiger partial charge < -0.3 is 10.3 Å². The van der Waals surface area contributed by atoms with Crippen LogP contribution < -0.4 is 11.3 Å². The van der Waals surface area contributed by atoms with Crippen LogP contribution in [0.3, 0.4) is 0 Å². The van der Waals surface area contributed by atoms with Crippen molar-refractivity contribution in [3.05, 3.63) is 23.4 Å². The first-order valence-electron chi connectivity index (χ1n) is 7.49. The zero-order valence-electron chi connectivity index (χ0n) is 11.9. The van der Waals surface area contributed by atoms with Crippen molar-refractivity contribution in [3.63, 3.8) is 0 Å². The van der Waals surface area contributed by atoms with Crippen LogP contribution in [0.2, 0.25) is 0 Å². The summed E-state index contributed by atoms with van der Waals surface area (Å²) in [5.74, 6) is 6.86. The van der Waals surface area contributed by atoms with E-state index < -0.39 is 0 Å². The molecule has 5 heteroatoms. The standard InChI is InChI=1S/C15H22N4O/c1-2-12-7-11(8-14(17-12)18-16)15(20)19(13-5-6-13)9-10-3-4-10/h7-8,10,13H,2-6,9,16H2,1H3,(H,17,18). The van der Waals surface area contributed by atoms with Crippen molar-refractivity contribution in [2.75, 3.05) is 12.0 Å². The molecule has 2 saturated carbocycles. The molecule has 0 saturated heterocycles. The second-order valence-corrected chi connectivity index (χ2v) is 5.86. The van der Waals surface area contributed by atoms with Crippen molar-refractivity contribution in [2.45, 2.75) is 45.1 Å². The molecule has 1 heterocycles. The quantitative estimate of drug-likeness (QED) is 0.614. The number of amides is 1. The summed E-state index contributed by atoms with van der Waals surface area (Å²) in [6.07, 6.45) is 5.62. The number of nitrogen functional groups attached to an aromatic ring is 1. The van der Waals surface area contributed by atoms with Gasteiger partial charge in [-0.3, -0.25) is 4.79 Å². The number of carbonyl (C=O) groups excluding carboxylic acids is 1.